The number of nitrogens with zero attached hydrogens (tertiary/aromatic N) is 1. The van der Waals surface area contributed by atoms with Gasteiger partial charge in [-0.05, 0) is 56.7 Å². The van der Waals surface area contributed by atoms with Crippen molar-refractivity contribution in [2.45, 2.75) is 63.5 Å². The third-order valence-corrected chi connectivity index (χ3v) is 6.40. The molecule has 0 amide bonds. The van der Waals surface area contributed by atoms with Crippen LogP contribution in [0.1, 0.15) is 61.8 Å². The number of fused-ring (bicyclic) bond motifs is 2. The second-order valence-electron chi connectivity index (χ2n) is 9.16. The molecular weight excluding hydrogens is 328 g/mol. The quantitative estimate of drug-likeness (QED) is 0.736. The molecule has 1 spiro atoms. The average molecular weight is 357 g/mol. The maximum Gasteiger partial charge on any atom is 0.0677 e. The molecular formula is C25H28N2. The maximum atomic E-state index is 5.37. The first kappa shape index (κ1) is 16.8. The molecule has 0 atom stereocenters. The number of hydrogen-bond acceptors (Lipinski definition) is 2. The lowest BCUT2D eigenvalue weighted by Gasteiger charge is -2.36. The molecule has 5 rings (SSSR count). The van der Waals surface area contributed by atoms with Gasteiger partial charge in [0.2, 0.25) is 0 Å². The second kappa shape index (κ2) is 6.09. The molecule has 0 saturated heterocycles. The van der Waals surface area contributed by atoms with Crippen molar-refractivity contribution >= 4 is 11.4 Å². The Hall–Kier alpha value is -2.35. The Morgan fingerprint density at radius 3 is 2.22 bits per heavy atom. The van der Waals surface area contributed by atoms with E-state index in [4.69, 9.17) is 4.99 Å². The van der Waals surface area contributed by atoms with Crippen LogP contribution in [0.4, 0.5) is 0 Å². The highest BCUT2D eigenvalue weighted by molar-refractivity contribution is 6.14. The van der Waals surface area contributed by atoms with E-state index >= 15 is 0 Å². The van der Waals surface area contributed by atoms with Gasteiger partial charge in [0.1, 0.15) is 0 Å². The van der Waals surface area contributed by atoms with Crippen molar-refractivity contribution in [1.82, 2.24) is 5.32 Å². The van der Waals surface area contributed by atoms with Crippen LogP contribution in [0.15, 0.2) is 59.6 Å². The predicted molar refractivity (Wildman–Crippen MR) is 113 cm³/mol. The Bertz CT molecular complexity index is 942. The summed E-state index contributed by atoms with van der Waals surface area (Å²) in [5.74, 6) is 0. The van der Waals surface area contributed by atoms with Crippen LogP contribution in [0.2, 0.25) is 0 Å². The summed E-state index contributed by atoms with van der Waals surface area (Å²) < 4.78 is 0. The maximum absolute atomic E-state index is 5.37. The first-order valence-corrected chi connectivity index (χ1v) is 10.3. The standard InChI is InChI=1S/C25H28N2/c1-24(2)16-18-9-3-5-11-20(18)22(26-24)15-23-21-12-6-4-10-19(21)17-25(27-23)13-7-8-14-25/h3-6,9-12,15,26H,7-8,13-14,16-17H2,1-2H3/b22-15+. The van der Waals surface area contributed by atoms with Crippen LogP contribution in [0.3, 0.4) is 0 Å². The first-order valence-electron chi connectivity index (χ1n) is 10.3. The third-order valence-electron chi connectivity index (χ3n) is 6.40. The summed E-state index contributed by atoms with van der Waals surface area (Å²) >= 11 is 0. The summed E-state index contributed by atoms with van der Waals surface area (Å²) in [6.07, 6.45) is 9.54. The highest BCUT2D eigenvalue weighted by Crippen LogP contribution is 2.41. The average Bonchev–Trinajstić information content (AvgIpc) is 3.08. The summed E-state index contributed by atoms with van der Waals surface area (Å²) in [6.45, 7) is 4.57. The number of aliphatic imine (C=N–C) groups is 1. The van der Waals surface area contributed by atoms with Crippen LogP contribution in [0.5, 0.6) is 0 Å². The molecule has 0 radical (unpaired) electrons. The zero-order chi connectivity index (χ0) is 18.5. The van der Waals surface area contributed by atoms with Gasteiger partial charge in [-0.25, -0.2) is 0 Å². The van der Waals surface area contributed by atoms with E-state index in [-0.39, 0.29) is 11.1 Å². The Morgan fingerprint density at radius 2 is 1.48 bits per heavy atom. The van der Waals surface area contributed by atoms with Gasteiger partial charge in [0.05, 0.1) is 11.3 Å². The van der Waals surface area contributed by atoms with E-state index in [0.29, 0.717) is 0 Å². The van der Waals surface area contributed by atoms with E-state index in [1.807, 2.05) is 0 Å². The Kier molecular flexibility index (Phi) is 3.79. The van der Waals surface area contributed by atoms with E-state index in [1.54, 1.807) is 0 Å². The normalized spacial score (nSPS) is 23.5. The largest absolute Gasteiger partial charge is 0.379 e. The van der Waals surface area contributed by atoms with Gasteiger partial charge in [0.25, 0.3) is 0 Å². The van der Waals surface area contributed by atoms with Crippen LogP contribution in [0, 0.1) is 0 Å². The lowest BCUT2D eigenvalue weighted by atomic mass is 9.82. The molecule has 2 aromatic rings. The first-order chi connectivity index (χ1) is 13.0. The third kappa shape index (κ3) is 3.01. The Balaban J connectivity index is 1.66. The highest BCUT2D eigenvalue weighted by atomic mass is 15.0. The molecule has 2 heterocycles. The minimum Gasteiger partial charge on any atom is -0.379 e. The van der Waals surface area contributed by atoms with Crippen molar-refractivity contribution in [2.75, 3.05) is 0 Å². The minimum atomic E-state index is 0.0555. The number of hydrogen-bond donors (Lipinski definition) is 1. The van der Waals surface area contributed by atoms with Crippen LogP contribution in [-0.4, -0.2) is 16.8 Å². The van der Waals surface area contributed by atoms with Gasteiger partial charge in [-0.2, -0.15) is 0 Å². The fraction of sp³-hybridized carbons (Fsp3) is 0.400. The molecule has 0 aromatic heterocycles. The lowest BCUT2D eigenvalue weighted by Crippen LogP contribution is -2.44. The SMILES string of the molecule is CC1(C)Cc2ccccc2/C(=C\C2=NC3(CCCC3)Cc3ccccc32)N1. The van der Waals surface area contributed by atoms with Gasteiger partial charge in [0, 0.05) is 22.4 Å². The summed E-state index contributed by atoms with van der Waals surface area (Å²) in [7, 11) is 0. The summed E-state index contributed by atoms with van der Waals surface area (Å²) in [4.78, 5) is 5.37. The topological polar surface area (TPSA) is 24.4 Å². The van der Waals surface area contributed by atoms with Crippen molar-refractivity contribution < 1.29 is 0 Å². The molecule has 2 aromatic carbocycles. The molecule has 138 valence electrons. The van der Waals surface area contributed by atoms with Gasteiger partial charge >= 0.3 is 0 Å². The molecule has 1 aliphatic carbocycles. The van der Waals surface area contributed by atoms with Crippen molar-refractivity contribution in [3.63, 3.8) is 0 Å². The molecule has 2 heteroatoms. The van der Waals surface area contributed by atoms with E-state index < -0.39 is 0 Å². The number of allylic oxidation sites excluding steroid dienone is 1. The molecule has 0 unspecified atom stereocenters. The molecule has 1 N–H and O–H groups in total. The van der Waals surface area contributed by atoms with Crippen LogP contribution < -0.4 is 5.32 Å². The molecule has 1 saturated carbocycles. The summed E-state index contributed by atoms with van der Waals surface area (Å²) in [5.41, 5.74) is 8.08. The number of rotatable bonds is 1. The van der Waals surface area contributed by atoms with Crippen molar-refractivity contribution in [3.05, 3.63) is 76.9 Å². The van der Waals surface area contributed by atoms with E-state index in [1.165, 1.54) is 53.6 Å². The minimum absolute atomic E-state index is 0.0555. The molecule has 27 heavy (non-hydrogen) atoms. The van der Waals surface area contributed by atoms with Crippen LogP contribution in [-0.2, 0) is 12.8 Å². The fourth-order valence-corrected chi connectivity index (χ4v) is 5.21. The van der Waals surface area contributed by atoms with Gasteiger partial charge in [0.15, 0.2) is 0 Å². The zero-order valence-corrected chi connectivity index (χ0v) is 16.4. The van der Waals surface area contributed by atoms with Gasteiger partial charge in [-0.3, -0.25) is 4.99 Å². The number of benzene rings is 2. The Labute approximate surface area is 162 Å². The highest BCUT2D eigenvalue weighted by Gasteiger charge is 2.37. The van der Waals surface area contributed by atoms with Crippen molar-refractivity contribution in [1.29, 1.82) is 0 Å². The van der Waals surface area contributed by atoms with Crippen LogP contribution in [0.25, 0.3) is 5.70 Å². The predicted octanol–water partition coefficient (Wildman–Crippen LogP) is 5.31. The Morgan fingerprint density at radius 1 is 0.852 bits per heavy atom. The molecule has 0 bridgehead atoms. The lowest BCUT2D eigenvalue weighted by molar-refractivity contribution is 0.434. The molecule has 1 fully saturated rings. The van der Waals surface area contributed by atoms with Crippen molar-refractivity contribution in [3.8, 4) is 0 Å². The molecule has 3 aliphatic rings. The number of nitrogens with one attached hydrogen (secondary N) is 1. The van der Waals surface area contributed by atoms with Gasteiger partial charge < -0.3 is 5.32 Å². The smallest absolute Gasteiger partial charge is 0.0677 e. The van der Waals surface area contributed by atoms with Gasteiger partial charge in [-0.1, -0.05) is 61.4 Å². The monoisotopic (exact) mass is 356 g/mol. The molecule has 2 aliphatic heterocycles. The van der Waals surface area contributed by atoms with E-state index in [0.717, 1.165) is 18.6 Å². The van der Waals surface area contributed by atoms with E-state index in [2.05, 4.69) is 73.8 Å². The summed E-state index contributed by atoms with van der Waals surface area (Å²) in [6, 6.07) is 17.7. The van der Waals surface area contributed by atoms with Crippen molar-refractivity contribution in [2.24, 2.45) is 4.99 Å². The fourth-order valence-electron chi connectivity index (χ4n) is 5.21. The van der Waals surface area contributed by atoms with E-state index in [9.17, 15) is 0 Å². The van der Waals surface area contributed by atoms with Gasteiger partial charge in [-0.15, -0.1) is 0 Å². The second-order valence-corrected chi connectivity index (χ2v) is 9.16. The zero-order valence-electron chi connectivity index (χ0n) is 16.4. The summed E-state index contributed by atoms with van der Waals surface area (Å²) in [5, 5.41) is 3.79. The van der Waals surface area contributed by atoms with Crippen LogP contribution >= 0.6 is 0 Å². The molecule has 2 nitrogen and oxygen atoms in total.